The van der Waals surface area contributed by atoms with E-state index in [9.17, 15) is 0 Å². The van der Waals surface area contributed by atoms with E-state index in [1.165, 1.54) is 11.9 Å². The molecule has 0 unspecified atom stereocenters. The van der Waals surface area contributed by atoms with Crippen molar-refractivity contribution in [2.24, 2.45) is 0 Å². The van der Waals surface area contributed by atoms with Crippen LogP contribution in [0.3, 0.4) is 0 Å². The van der Waals surface area contributed by atoms with Crippen LogP contribution in [0.25, 0.3) is 0 Å². The Morgan fingerprint density at radius 3 is 2.33 bits per heavy atom. The van der Waals surface area contributed by atoms with Gasteiger partial charge in [-0.3, -0.25) is 0 Å². The smallest absolute Gasteiger partial charge is 0.161 e. The van der Waals surface area contributed by atoms with E-state index in [0.717, 1.165) is 18.7 Å². The van der Waals surface area contributed by atoms with Crippen LogP contribution in [0, 0.1) is 0 Å². The lowest BCUT2D eigenvalue weighted by atomic mass is 10.1. The maximum absolute atomic E-state index is 6.27. The number of para-hydroxylation sites is 1. The standard InChI is InChI=1S/C19H21N5/c1-24(16-10-6-3-7-11-16)19-17(20)18(22-14-23-19)21-13-12-15-8-4-2-5-9-15/h2-11,14H,12-13,20H2,1H3,(H,21,22,23). The Labute approximate surface area is 142 Å². The third-order valence-corrected chi connectivity index (χ3v) is 3.87. The van der Waals surface area contributed by atoms with Crippen LogP contribution in [0.5, 0.6) is 0 Å². The molecule has 0 saturated heterocycles. The maximum atomic E-state index is 6.27. The predicted octanol–water partition coefficient (Wildman–Crippen LogP) is 3.48. The van der Waals surface area contributed by atoms with Crippen molar-refractivity contribution >= 4 is 23.0 Å². The molecule has 0 radical (unpaired) electrons. The quantitative estimate of drug-likeness (QED) is 0.728. The minimum Gasteiger partial charge on any atom is -0.393 e. The molecule has 1 aromatic heterocycles. The summed E-state index contributed by atoms with van der Waals surface area (Å²) in [5, 5.41) is 3.31. The molecule has 0 aliphatic heterocycles. The molecule has 122 valence electrons. The van der Waals surface area contributed by atoms with Gasteiger partial charge in [0.25, 0.3) is 0 Å². The van der Waals surface area contributed by atoms with Crippen LogP contribution in [-0.4, -0.2) is 23.6 Å². The first-order valence-corrected chi connectivity index (χ1v) is 7.93. The lowest BCUT2D eigenvalue weighted by Gasteiger charge is -2.21. The average molecular weight is 319 g/mol. The Morgan fingerprint density at radius 1 is 0.958 bits per heavy atom. The van der Waals surface area contributed by atoms with Crippen molar-refractivity contribution in [3.05, 3.63) is 72.6 Å². The first-order valence-electron chi connectivity index (χ1n) is 7.93. The van der Waals surface area contributed by atoms with Gasteiger partial charge in [0, 0.05) is 19.3 Å². The van der Waals surface area contributed by atoms with Crippen LogP contribution in [0.15, 0.2) is 67.0 Å². The molecule has 0 fully saturated rings. The Hall–Kier alpha value is -3.08. The molecule has 3 aromatic rings. The summed E-state index contributed by atoms with van der Waals surface area (Å²) in [5.41, 5.74) is 9.13. The van der Waals surface area contributed by atoms with Crippen molar-refractivity contribution in [2.75, 3.05) is 29.5 Å². The molecule has 1 heterocycles. The highest BCUT2D eigenvalue weighted by atomic mass is 15.2. The van der Waals surface area contributed by atoms with Crippen LogP contribution in [0.4, 0.5) is 23.0 Å². The van der Waals surface area contributed by atoms with E-state index in [2.05, 4.69) is 27.4 Å². The summed E-state index contributed by atoms with van der Waals surface area (Å²) in [7, 11) is 1.95. The number of anilines is 4. The van der Waals surface area contributed by atoms with E-state index >= 15 is 0 Å². The SMILES string of the molecule is CN(c1ccccc1)c1ncnc(NCCc2ccccc2)c1N. The van der Waals surface area contributed by atoms with Crippen molar-refractivity contribution in [3.8, 4) is 0 Å². The fourth-order valence-electron chi connectivity index (χ4n) is 2.54. The third-order valence-electron chi connectivity index (χ3n) is 3.87. The van der Waals surface area contributed by atoms with Crippen molar-refractivity contribution in [1.29, 1.82) is 0 Å². The van der Waals surface area contributed by atoms with Crippen LogP contribution < -0.4 is 16.0 Å². The number of benzene rings is 2. The summed E-state index contributed by atoms with van der Waals surface area (Å²) in [6.45, 7) is 0.764. The van der Waals surface area contributed by atoms with Crippen LogP contribution in [0.1, 0.15) is 5.56 Å². The van der Waals surface area contributed by atoms with E-state index in [0.29, 0.717) is 17.3 Å². The Morgan fingerprint density at radius 2 is 1.62 bits per heavy atom. The van der Waals surface area contributed by atoms with E-state index in [1.807, 2.05) is 60.5 Å². The summed E-state index contributed by atoms with van der Waals surface area (Å²) in [6.07, 6.45) is 2.45. The number of hydrogen-bond acceptors (Lipinski definition) is 5. The topological polar surface area (TPSA) is 67.1 Å². The second kappa shape index (κ2) is 7.46. The molecule has 2 aromatic carbocycles. The molecule has 0 saturated carbocycles. The Kier molecular flexibility index (Phi) is 4.91. The second-order valence-corrected chi connectivity index (χ2v) is 5.52. The van der Waals surface area contributed by atoms with Gasteiger partial charge >= 0.3 is 0 Å². The molecule has 0 aliphatic rings. The molecule has 0 aliphatic carbocycles. The highest BCUT2D eigenvalue weighted by Gasteiger charge is 2.13. The molecule has 0 bridgehead atoms. The number of hydrogen-bond donors (Lipinski definition) is 2. The number of nitrogens with two attached hydrogens (primary N) is 1. The maximum Gasteiger partial charge on any atom is 0.161 e. The van der Waals surface area contributed by atoms with Crippen LogP contribution >= 0.6 is 0 Å². The summed E-state index contributed by atoms with van der Waals surface area (Å²) in [4.78, 5) is 10.6. The Balaban J connectivity index is 1.71. The van der Waals surface area contributed by atoms with Gasteiger partial charge in [0.15, 0.2) is 11.6 Å². The average Bonchev–Trinajstić information content (AvgIpc) is 2.64. The van der Waals surface area contributed by atoms with Crippen molar-refractivity contribution in [1.82, 2.24) is 9.97 Å². The van der Waals surface area contributed by atoms with E-state index in [4.69, 9.17) is 5.73 Å². The van der Waals surface area contributed by atoms with Crippen LogP contribution in [0.2, 0.25) is 0 Å². The number of nitrogens with zero attached hydrogens (tertiary/aromatic N) is 3. The van der Waals surface area contributed by atoms with Gasteiger partial charge in [-0.05, 0) is 24.1 Å². The van der Waals surface area contributed by atoms with Gasteiger partial charge in [0.05, 0.1) is 0 Å². The van der Waals surface area contributed by atoms with Crippen LogP contribution in [-0.2, 0) is 6.42 Å². The molecule has 5 nitrogen and oxygen atoms in total. The predicted molar refractivity (Wildman–Crippen MR) is 99.6 cm³/mol. The summed E-state index contributed by atoms with van der Waals surface area (Å²) in [5.74, 6) is 1.36. The molecule has 5 heteroatoms. The van der Waals surface area contributed by atoms with Gasteiger partial charge in [-0.1, -0.05) is 48.5 Å². The zero-order valence-corrected chi connectivity index (χ0v) is 13.7. The second-order valence-electron chi connectivity index (χ2n) is 5.52. The van der Waals surface area contributed by atoms with E-state index in [1.54, 1.807) is 0 Å². The van der Waals surface area contributed by atoms with E-state index < -0.39 is 0 Å². The molecule has 0 amide bonds. The van der Waals surface area contributed by atoms with Gasteiger partial charge in [-0.2, -0.15) is 0 Å². The summed E-state index contributed by atoms with van der Waals surface area (Å²) < 4.78 is 0. The Bertz CT molecular complexity index is 774. The lowest BCUT2D eigenvalue weighted by Crippen LogP contribution is -2.16. The largest absolute Gasteiger partial charge is 0.393 e. The molecule has 24 heavy (non-hydrogen) atoms. The van der Waals surface area contributed by atoms with Gasteiger partial charge < -0.3 is 16.0 Å². The molecule has 3 rings (SSSR count). The molecular formula is C19H21N5. The van der Waals surface area contributed by atoms with Crippen molar-refractivity contribution in [2.45, 2.75) is 6.42 Å². The third kappa shape index (κ3) is 3.63. The van der Waals surface area contributed by atoms with Gasteiger partial charge in [0.2, 0.25) is 0 Å². The van der Waals surface area contributed by atoms with Crippen molar-refractivity contribution < 1.29 is 0 Å². The minimum absolute atomic E-state index is 0.553. The molecule has 3 N–H and O–H groups in total. The number of nitrogens with one attached hydrogen (secondary N) is 1. The van der Waals surface area contributed by atoms with Gasteiger partial charge in [0.1, 0.15) is 12.0 Å². The van der Waals surface area contributed by atoms with Gasteiger partial charge in [-0.25, -0.2) is 9.97 Å². The summed E-state index contributed by atoms with van der Waals surface area (Å²) in [6, 6.07) is 20.3. The highest BCUT2D eigenvalue weighted by molar-refractivity contribution is 5.78. The monoisotopic (exact) mass is 319 g/mol. The fourth-order valence-corrected chi connectivity index (χ4v) is 2.54. The number of rotatable bonds is 6. The number of nitrogen functional groups attached to an aromatic ring is 1. The van der Waals surface area contributed by atoms with E-state index in [-0.39, 0.29) is 0 Å². The summed E-state index contributed by atoms with van der Waals surface area (Å²) >= 11 is 0. The van der Waals surface area contributed by atoms with Gasteiger partial charge in [-0.15, -0.1) is 0 Å². The first kappa shape index (κ1) is 15.8. The zero-order chi connectivity index (χ0) is 16.8. The molecular weight excluding hydrogens is 298 g/mol. The fraction of sp³-hybridized carbons (Fsp3) is 0.158. The highest BCUT2D eigenvalue weighted by Crippen LogP contribution is 2.30. The number of aromatic nitrogens is 2. The lowest BCUT2D eigenvalue weighted by molar-refractivity contribution is 0.996. The van der Waals surface area contributed by atoms with Crippen molar-refractivity contribution in [3.63, 3.8) is 0 Å². The normalized spacial score (nSPS) is 10.4. The zero-order valence-electron chi connectivity index (χ0n) is 13.7. The first-order chi connectivity index (χ1) is 11.8. The molecule has 0 atom stereocenters. The molecule has 0 spiro atoms. The minimum atomic E-state index is 0.553.